The number of carbonyl (C=O) groups is 1. The molecular weight excluding hydrogens is 379 g/mol. The van der Waals surface area contributed by atoms with E-state index in [4.69, 9.17) is 4.74 Å². The molecule has 2 bridgehead atoms. The van der Waals surface area contributed by atoms with E-state index in [1.54, 1.807) is 6.07 Å². The molecule has 2 fully saturated rings. The average molecular weight is 399 g/mol. The van der Waals surface area contributed by atoms with Gasteiger partial charge in [-0.2, -0.15) is 13.2 Å². The van der Waals surface area contributed by atoms with Gasteiger partial charge in [-0.1, -0.05) is 11.3 Å². The summed E-state index contributed by atoms with van der Waals surface area (Å²) in [5, 5.41) is 6.85. The number of anilines is 1. The van der Waals surface area contributed by atoms with Crippen LogP contribution in [0.1, 0.15) is 32.1 Å². The van der Waals surface area contributed by atoms with Crippen molar-refractivity contribution in [1.82, 2.24) is 10.3 Å². The molecule has 0 saturated carbocycles. The summed E-state index contributed by atoms with van der Waals surface area (Å²) < 4.78 is 42.2. The Hall–Kier alpha value is -1.87. The predicted octanol–water partition coefficient (Wildman–Crippen LogP) is 4.10. The molecule has 3 heterocycles. The summed E-state index contributed by atoms with van der Waals surface area (Å²) in [7, 11) is 0. The molecule has 9 heteroatoms. The molecule has 1 amide bonds. The Morgan fingerprint density at radius 3 is 2.74 bits per heavy atom. The lowest BCUT2D eigenvalue weighted by atomic mass is 9.89. The van der Waals surface area contributed by atoms with Crippen LogP contribution in [-0.2, 0) is 4.79 Å². The van der Waals surface area contributed by atoms with Crippen LogP contribution in [0.5, 0.6) is 5.75 Å². The first-order chi connectivity index (χ1) is 12.8. The highest BCUT2D eigenvalue weighted by Crippen LogP contribution is 2.34. The van der Waals surface area contributed by atoms with E-state index in [1.165, 1.54) is 36.3 Å². The van der Waals surface area contributed by atoms with E-state index in [-0.39, 0.29) is 11.7 Å². The van der Waals surface area contributed by atoms with Gasteiger partial charge in [-0.15, -0.1) is 0 Å². The molecule has 0 spiro atoms. The van der Waals surface area contributed by atoms with E-state index in [1.807, 2.05) is 0 Å². The number of alkyl halides is 3. The molecule has 146 valence electrons. The van der Waals surface area contributed by atoms with Crippen LogP contribution in [0.4, 0.5) is 18.3 Å². The Morgan fingerprint density at radius 2 is 2.04 bits per heavy atom. The monoisotopic (exact) mass is 399 g/mol. The zero-order valence-corrected chi connectivity index (χ0v) is 15.3. The summed E-state index contributed by atoms with van der Waals surface area (Å²) in [6, 6.07) is 5.64. The number of piperidine rings is 1. The largest absolute Gasteiger partial charge is 0.484 e. The standard InChI is InChI=1S/C18H20F3N3O2S/c19-18(20,21)9-26-13-3-4-14-15(8-13)27-17(23-14)24-16(25)7-10-5-11-1-2-12(6-10)22-11/h3-4,8,10-12,22H,1-2,5-7,9H2,(H,23,24,25). The van der Waals surface area contributed by atoms with Gasteiger partial charge in [-0.05, 0) is 49.8 Å². The summed E-state index contributed by atoms with van der Waals surface area (Å²) in [5.74, 6) is 0.459. The lowest BCUT2D eigenvalue weighted by Gasteiger charge is -2.28. The summed E-state index contributed by atoms with van der Waals surface area (Å²) in [6.45, 7) is -1.33. The minimum atomic E-state index is -4.38. The molecule has 1 aromatic heterocycles. The molecule has 5 nitrogen and oxygen atoms in total. The minimum Gasteiger partial charge on any atom is -0.484 e. The van der Waals surface area contributed by atoms with Gasteiger partial charge in [0.15, 0.2) is 11.7 Å². The smallest absolute Gasteiger partial charge is 0.422 e. The molecule has 2 saturated heterocycles. The first-order valence-corrected chi connectivity index (χ1v) is 9.82. The number of ether oxygens (including phenoxy) is 1. The number of hydrogen-bond acceptors (Lipinski definition) is 5. The Kier molecular flexibility index (Phi) is 4.98. The first-order valence-electron chi connectivity index (χ1n) is 9.00. The zero-order valence-electron chi connectivity index (χ0n) is 14.5. The number of fused-ring (bicyclic) bond motifs is 3. The third-order valence-corrected chi connectivity index (χ3v) is 5.99. The van der Waals surface area contributed by atoms with E-state index >= 15 is 0 Å². The van der Waals surface area contributed by atoms with Crippen molar-refractivity contribution in [2.75, 3.05) is 11.9 Å². The van der Waals surface area contributed by atoms with Gasteiger partial charge >= 0.3 is 6.18 Å². The quantitative estimate of drug-likeness (QED) is 0.795. The number of nitrogens with zero attached hydrogens (tertiary/aromatic N) is 1. The van der Waals surface area contributed by atoms with E-state index in [2.05, 4.69) is 15.6 Å². The van der Waals surface area contributed by atoms with Crippen LogP contribution in [0.15, 0.2) is 18.2 Å². The number of thiazole rings is 1. The Balaban J connectivity index is 1.36. The van der Waals surface area contributed by atoms with Crippen molar-refractivity contribution in [2.45, 2.75) is 50.4 Å². The fraction of sp³-hybridized carbons (Fsp3) is 0.556. The number of hydrogen-bond donors (Lipinski definition) is 2. The molecule has 2 aliphatic rings. The molecule has 2 aliphatic heterocycles. The summed E-state index contributed by atoms with van der Waals surface area (Å²) in [5.41, 5.74) is 0.620. The Morgan fingerprint density at radius 1 is 1.30 bits per heavy atom. The summed E-state index contributed by atoms with van der Waals surface area (Å²) in [4.78, 5) is 16.7. The van der Waals surface area contributed by atoms with Gasteiger partial charge < -0.3 is 15.4 Å². The van der Waals surface area contributed by atoms with Crippen molar-refractivity contribution in [3.05, 3.63) is 18.2 Å². The van der Waals surface area contributed by atoms with Gasteiger partial charge in [-0.3, -0.25) is 4.79 Å². The van der Waals surface area contributed by atoms with Crippen molar-refractivity contribution in [3.63, 3.8) is 0 Å². The molecule has 27 heavy (non-hydrogen) atoms. The predicted molar refractivity (Wildman–Crippen MR) is 97.1 cm³/mol. The second-order valence-electron chi connectivity index (χ2n) is 7.28. The van der Waals surface area contributed by atoms with Crippen molar-refractivity contribution in [2.24, 2.45) is 5.92 Å². The van der Waals surface area contributed by atoms with Crippen molar-refractivity contribution in [3.8, 4) is 5.75 Å². The minimum absolute atomic E-state index is 0.0612. The summed E-state index contributed by atoms with van der Waals surface area (Å²) >= 11 is 1.23. The highest BCUT2D eigenvalue weighted by Gasteiger charge is 2.34. The molecule has 0 aliphatic carbocycles. The number of benzene rings is 1. The highest BCUT2D eigenvalue weighted by molar-refractivity contribution is 7.22. The third-order valence-electron chi connectivity index (χ3n) is 5.05. The number of halogens is 3. The first kappa shape index (κ1) is 18.5. The van der Waals surface area contributed by atoms with Crippen LogP contribution in [-0.4, -0.2) is 35.8 Å². The molecule has 2 atom stereocenters. The molecule has 0 radical (unpaired) electrons. The van der Waals surface area contributed by atoms with Gasteiger partial charge in [0, 0.05) is 18.5 Å². The molecule has 2 unspecified atom stereocenters. The average Bonchev–Trinajstić information content (AvgIpc) is 3.13. The molecular formula is C18H20F3N3O2S. The zero-order chi connectivity index (χ0) is 19.0. The van der Waals surface area contributed by atoms with Gasteiger partial charge in [-0.25, -0.2) is 4.98 Å². The van der Waals surface area contributed by atoms with Crippen molar-refractivity contribution in [1.29, 1.82) is 0 Å². The van der Waals surface area contributed by atoms with Crippen LogP contribution >= 0.6 is 11.3 Å². The van der Waals surface area contributed by atoms with E-state index in [9.17, 15) is 18.0 Å². The van der Waals surface area contributed by atoms with Gasteiger partial charge in [0.05, 0.1) is 10.2 Å². The molecule has 1 aromatic carbocycles. The number of carbonyl (C=O) groups excluding carboxylic acids is 1. The molecule has 2 aromatic rings. The maximum Gasteiger partial charge on any atom is 0.422 e. The third kappa shape index (κ3) is 4.70. The van der Waals surface area contributed by atoms with E-state index in [0.717, 1.165) is 12.8 Å². The van der Waals surface area contributed by atoms with Gasteiger partial charge in [0.2, 0.25) is 5.91 Å². The maximum absolute atomic E-state index is 12.4. The van der Waals surface area contributed by atoms with Crippen LogP contribution in [0.2, 0.25) is 0 Å². The lowest BCUT2D eigenvalue weighted by Crippen LogP contribution is -2.39. The number of aromatic nitrogens is 1. The SMILES string of the molecule is O=C(CC1CC2CCC(C1)N2)Nc1nc2ccc(OCC(F)(F)F)cc2s1. The fourth-order valence-electron chi connectivity index (χ4n) is 3.99. The van der Waals surface area contributed by atoms with Crippen molar-refractivity contribution >= 4 is 32.6 Å². The maximum atomic E-state index is 12.4. The number of nitrogens with one attached hydrogen (secondary N) is 2. The highest BCUT2D eigenvalue weighted by atomic mass is 32.1. The lowest BCUT2D eigenvalue weighted by molar-refractivity contribution is -0.153. The van der Waals surface area contributed by atoms with Crippen LogP contribution in [0, 0.1) is 5.92 Å². The molecule has 4 rings (SSSR count). The second kappa shape index (κ2) is 7.27. The Labute approximate surface area is 158 Å². The Bertz CT molecular complexity index is 827. The van der Waals surface area contributed by atoms with E-state index < -0.39 is 12.8 Å². The fourth-order valence-corrected chi connectivity index (χ4v) is 4.90. The summed E-state index contributed by atoms with van der Waals surface area (Å²) in [6.07, 6.45) is 0.548. The van der Waals surface area contributed by atoms with Gasteiger partial charge in [0.25, 0.3) is 0 Å². The second-order valence-corrected chi connectivity index (χ2v) is 8.31. The topological polar surface area (TPSA) is 63.2 Å². The van der Waals surface area contributed by atoms with Gasteiger partial charge in [0.1, 0.15) is 5.75 Å². The van der Waals surface area contributed by atoms with E-state index in [0.29, 0.717) is 39.8 Å². The number of amides is 1. The molecule has 2 N–H and O–H groups in total. The van der Waals surface area contributed by atoms with Crippen molar-refractivity contribution < 1.29 is 22.7 Å². The normalized spacial score (nSPS) is 24.9. The number of rotatable bonds is 5. The van der Waals surface area contributed by atoms with Crippen LogP contribution in [0.3, 0.4) is 0 Å². The van der Waals surface area contributed by atoms with Crippen LogP contribution < -0.4 is 15.4 Å². The van der Waals surface area contributed by atoms with Crippen LogP contribution in [0.25, 0.3) is 10.2 Å².